The fourth-order valence-electron chi connectivity index (χ4n) is 2.39. The summed E-state index contributed by atoms with van der Waals surface area (Å²) in [7, 11) is 1.28. The van der Waals surface area contributed by atoms with Gasteiger partial charge in [-0.2, -0.15) is 0 Å². The van der Waals surface area contributed by atoms with Gasteiger partial charge in [-0.3, -0.25) is 0 Å². The molecular formula is C18H19FO4. The van der Waals surface area contributed by atoms with E-state index in [0.717, 1.165) is 0 Å². The van der Waals surface area contributed by atoms with E-state index in [-0.39, 0.29) is 0 Å². The molecule has 0 saturated heterocycles. The summed E-state index contributed by atoms with van der Waals surface area (Å²) in [6.45, 7) is 2.91. The lowest BCUT2D eigenvalue weighted by Crippen LogP contribution is -2.45. The minimum absolute atomic E-state index is 0.341. The van der Waals surface area contributed by atoms with E-state index >= 15 is 0 Å². The summed E-state index contributed by atoms with van der Waals surface area (Å²) < 4.78 is 17.7. The minimum Gasteiger partial charge on any atom is -0.465 e. The van der Waals surface area contributed by atoms with Gasteiger partial charge >= 0.3 is 5.97 Å². The summed E-state index contributed by atoms with van der Waals surface area (Å²) in [5.74, 6) is -0.909. The highest BCUT2D eigenvalue weighted by molar-refractivity contribution is 5.89. The number of hydrogen-bond donors (Lipinski definition) is 2. The van der Waals surface area contributed by atoms with Gasteiger partial charge in [-0.05, 0) is 49.2 Å². The Morgan fingerprint density at radius 1 is 0.913 bits per heavy atom. The van der Waals surface area contributed by atoms with Gasteiger partial charge < -0.3 is 14.9 Å². The molecule has 0 aromatic heterocycles. The zero-order chi connectivity index (χ0) is 17.3. The van der Waals surface area contributed by atoms with E-state index in [1.807, 2.05) is 0 Å². The third-order valence-electron chi connectivity index (χ3n) is 4.22. The first-order valence-corrected chi connectivity index (χ1v) is 7.10. The molecular weight excluding hydrogens is 299 g/mol. The Morgan fingerprint density at radius 3 is 1.70 bits per heavy atom. The van der Waals surface area contributed by atoms with Crippen LogP contribution in [-0.2, 0) is 15.9 Å². The van der Waals surface area contributed by atoms with Crippen LogP contribution in [0, 0.1) is 5.82 Å². The quantitative estimate of drug-likeness (QED) is 0.851. The monoisotopic (exact) mass is 318 g/mol. The normalized spacial score (nSPS) is 16.3. The predicted molar refractivity (Wildman–Crippen MR) is 83.3 cm³/mol. The van der Waals surface area contributed by atoms with Crippen molar-refractivity contribution in [3.05, 3.63) is 71.0 Å². The van der Waals surface area contributed by atoms with Crippen LogP contribution in [-0.4, -0.2) is 23.3 Å². The van der Waals surface area contributed by atoms with E-state index in [1.54, 1.807) is 12.1 Å². The zero-order valence-electron chi connectivity index (χ0n) is 13.2. The van der Waals surface area contributed by atoms with Crippen LogP contribution < -0.4 is 0 Å². The van der Waals surface area contributed by atoms with Gasteiger partial charge in [0.15, 0.2) is 0 Å². The second kappa shape index (κ2) is 6.10. The molecule has 2 aromatic carbocycles. The SMILES string of the molecule is COC(=O)c1ccc(C(C)(O)C(C)(O)c2ccc(F)cc2)cc1. The van der Waals surface area contributed by atoms with Crippen molar-refractivity contribution in [2.45, 2.75) is 25.0 Å². The first kappa shape index (κ1) is 17.1. The van der Waals surface area contributed by atoms with Crippen molar-refractivity contribution in [2.75, 3.05) is 7.11 Å². The molecule has 2 atom stereocenters. The minimum atomic E-state index is -1.66. The van der Waals surface area contributed by atoms with E-state index < -0.39 is 23.0 Å². The highest BCUT2D eigenvalue weighted by atomic mass is 19.1. The molecule has 5 heteroatoms. The maximum Gasteiger partial charge on any atom is 0.337 e. The molecule has 122 valence electrons. The van der Waals surface area contributed by atoms with Crippen molar-refractivity contribution in [3.8, 4) is 0 Å². The van der Waals surface area contributed by atoms with E-state index in [2.05, 4.69) is 4.74 Å². The Bertz CT molecular complexity index is 688. The fraction of sp³-hybridized carbons (Fsp3) is 0.278. The number of rotatable bonds is 4. The molecule has 2 aromatic rings. The second-order valence-electron chi connectivity index (χ2n) is 5.72. The largest absolute Gasteiger partial charge is 0.465 e. The molecule has 0 aliphatic carbocycles. The number of ether oxygens (including phenoxy) is 1. The van der Waals surface area contributed by atoms with Crippen molar-refractivity contribution in [3.63, 3.8) is 0 Å². The lowest BCUT2D eigenvalue weighted by Gasteiger charge is -2.39. The lowest BCUT2D eigenvalue weighted by molar-refractivity contribution is -0.143. The van der Waals surface area contributed by atoms with Crippen molar-refractivity contribution < 1.29 is 24.1 Å². The first-order chi connectivity index (χ1) is 10.7. The summed E-state index contributed by atoms with van der Waals surface area (Å²) in [4.78, 5) is 11.5. The number of esters is 1. The van der Waals surface area contributed by atoms with Gasteiger partial charge in [0.05, 0.1) is 12.7 Å². The van der Waals surface area contributed by atoms with E-state index in [1.165, 1.54) is 57.4 Å². The number of carbonyl (C=O) groups excluding carboxylic acids is 1. The standard InChI is InChI=1S/C18H19FO4/c1-17(21,13-6-4-12(5-7-13)16(20)23-3)18(2,22)14-8-10-15(19)11-9-14/h4-11,21-22H,1-3H3. The Kier molecular flexibility index (Phi) is 4.54. The fourth-order valence-corrected chi connectivity index (χ4v) is 2.39. The average molecular weight is 318 g/mol. The van der Waals surface area contributed by atoms with E-state index in [4.69, 9.17) is 0 Å². The van der Waals surface area contributed by atoms with Gasteiger partial charge in [-0.1, -0.05) is 24.3 Å². The topological polar surface area (TPSA) is 66.8 Å². The summed E-state index contributed by atoms with van der Waals surface area (Å²) in [5.41, 5.74) is -2.18. The van der Waals surface area contributed by atoms with Crippen molar-refractivity contribution >= 4 is 5.97 Å². The number of halogens is 1. The third-order valence-corrected chi connectivity index (χ3v) is 4.22. The molecule has 0 aliphatic heterocycles. The molecule has 2 N–H and O–H groups in total. The van der Waals surface area contributed by atoms with Crippen LogP contribution in [0.2, 0.25) is 0 Å². The number of aliphatic hydroxyl groups is 2. The van der Waals surface area contributed by atoms with Crippen LogP contribution in [0.4, 0.5) is 4.39 Å². The highest BCUT2D eigenvalue weighted by Crippen LogP contribution is 2.40. The molecule has 0 saturated carbocycles. The molecule has 0 aliphatic rings. The number of hydrogen-bond acceptors (Lipinski definition) is 4. The summed E-state index contributed by atoms with van der Waals surface area (Å²) >= 11 is 0. The molecule has 0 heterocycles. The van der Waals surface area contributed by atoms with Crippen molar-refractivity contribution in [2.24, 2.45) is 0 Å². The second-order valence-corrected chi connectivity index (χ2v) is 5.72. The van der Waals surface area contributed by atoms with Crippen molar-refractivity contribution in [1.29, 1.82) is 0 Å². The predicted octanol–water partition coefficient (Wildman–Crippen LogP) is 2.73. The van der Waals surface area contributed by atoms with Crippen LogP contribution >= 0.6 is 0 Å². The first-order valence-electron chi connectivity index (χ1n) is 7.10. The van der Waals surface area contributed by atoms with Gasteiger partial charge in [-0.15, -0.1) is 0 Å². The van der Waals surface area contributed by atoms with E-state index in [0.29, 0.717) is 16.7 Å². The molecule has 0 spiro atoms. The molecule has 0 fully saturated rings. The molecule has 0 radical (unpaired) electrons. The Balaban J connectivity index is 2.39. The van der Waals surface area contributed by atoms with Crippen LogP contribution in [0.3, 0.4) is 0 Å². The van der Waals surface area contributed by atoms with Gasteiger partial charge in [0.2, 0.25) is 0 Å². The highest BCUT2D eigenvalue weighted by Gasteiger charge is 2.44. The van der Waals surface area contributed by atoms with Gasteiger partial charge in [0.25, 0.3) is 0 Å². The number of carbonyl (C=O) groups is 1. The van der Waals surface area contributed by atoms with Crippen molar-refractivity contribution in [1.82, 2.24) is 0 Å². The summed E-state index contributed by atoms with van der Waals surface area (Å²) in [6, 6.07) is 11.4. The molecule has 4 nitrogen and oxygen atoms in total. The van der Waals surface area contributed by atoms with E-state index in [9.17, 15) is 19.4 Å². The summed E-state index contributed by atoms with van der Waals surface area (Å²) in [5, 5.41) is 21.7. The Hall–Kier alpha value is -2.24. The average Bonchev–Trinajstić information content (AvgIpc) is 2.54. The van der Waals surface area contributed by atoms with Crippen LogP contribution in [0.1, 0.15) is 35.3 Å². The van der Waals surface area contributed by atoms with Gasteiger partial charge in [-0.25, -0.2) is 9.18 Å². The smallest absolute Gasteiger partial charge is 0.337 e. The molecule has 0 amide bonds. The van der Waals surface area contributed by atoms with Crippen LogP contribution in [0.5, 0.6) is 0 Å². The summed E-state index contributed by atoms with van der Waals surface area (Å²) in [6.07, 6.45) is 0. The number of benzene rings is 2. The molecule has 2 rings (SSSR count). The lowest BCUT2D eigenvalue weighted by atomic mass is 9.76. The third kappa shape index (κ3) is 3.11. The van der Waals surface area contributed by atoms with Gasteiger partial charge in [0, 0.05) is 0 Å². The zero-order valence-corrected chi connectivity index (χ0v) is 13.2. The molecule has 2 unspecified atom stereocenters. The Labute approximate surface area is 134 Å². The number of methoxy groups -OCH3 is 1. The maximum absolute atomic E-state index is 13.1. The van der Waals surface area contributed by atoms with Crippen LogP contribution in [0.15, 0.2) is 48.5 Å². The molecule has 23 heavy (non-hydrogen) atoms. The van der Waals surface area contributed by atoms with Gasteiger partial charge in [0.1, 0.15) is 17.0 Å². The Morgan fingerprint density at radius 2 is 1.30 bits per heavy atom. The van der Waals surface area contributed by atoms with Crippen LogP contribution in [0.25, 0.3) is 0 Å². The molecule has 0 bridgehead atoms. The maximum atomic E-state index is 13.1.